The minimum absolute atomic E-state index is 0.0822. The quantitative estimate of drug-likeness (QED) is 0.814. The molecule has 5 nitrogen and oxygen atoms in total. The second kappa shape index (κ2) is 8.55. The van der Waals surface area contributed by atoms with Crippen molar-refractivity contribution >= 4 is 17.5 Å². The van der Waals surface area contributed by atoms with Crippen LogP contribution in [-0.2, 0) is 11.2 Å². The highest BCUT2D eigenvalue weighted by molar-refractivity contribution is 5.97. The topological polar surface area (TPSA) is 58.6 Å². The predicted molar refractivity (Wildman–Crippen MR) is 102 cm³/mol. The third kappa shape index (κ3) is 5.49. The number of ether oxygens (including phenoxy) is 1. The Bertz CT molecular complexity index is 884. The van der Waals surface area contributed by atoms with Gasteiger partial charge in [-0.1, -0.05) is 18.2 Å². The van der Waals surface area contributed by atoms with Gasteiger partial charge in [-0.15, -0.1) is 13.2 Å². The number of hydrogen-bond donors (Lipinski definition) is 1. The number of aryl methyl sites for hydroxylation is 1. The standard InChI is InChI=1S/C21H21F3N2O3/c1-14(25-20(28)15-6-3-2-4-7-15)12-19(27)26-11-5-8-16-13-17(9-10-18(16)26)29-21(22,23)24/h2-4,6-7,9-10,13-14H,5,8,11-12H2,1H3,(H,25,28). The number of amides is 2. The van der Waals surface area contributed by atoms with E-state index in [1.165, 1.54) is 18.2 Å². The van der Waals surface area contributed by atoms with E-state index in [9.17, 15) is 22.8 Å². The molecule has 1 N–H and O–H groups in total. The second-order valence-electron chi connectivity index (χ2n) is 6.93. The fourth-order valence-electron chi connectivity index (χ4n) is 3.35. The average Bonchev–Trinajstić information content (AvgIpc) is 2.66. The molecule has 0 aromatic heterocycles. The van der Waals surface area contributed by atoms with Crippen LogP contribution in [0.5, 0.6) is 5.75 Å². The first-order valence-corrected chi connectivity index (χ1v) is 9.28. The van der Waals surface area contributed by atoms with E-state index in [0.29, 0.717) is 36.2 Å². The molecular formula is C21H21F3N2O3. The lowest BCUT2D eigenvalue weighted by Gasteiger charge is -2.31. The summed E-state index contributed by atoms with van der Waals surface area (Å²) in [5, 5.41) is 2.79. The van der Waals surface area contributed by atoms with Crippen LogP contribution in [-0.4, -0.2) is 30.8 Å². The Kier molecular flexibility index (Phi) is 6.10. The van der Waals surface area contributed by atoms with Gasteiger partial charge in [-0.3, -0.25) is 9.59 Å². The molecule has 0 saturated heterocycles. The summed E-state index contributed by atoms with van der Waals surface area (Å²) in [5.41, 5.74) is 1.72. The van der Waals surface area contributed by atoms with E-state index in [2.05, 4.69) is 10.1 Å². The lowest BCUT2D eigenvalue weighted by Crippen LogP contribution is -2.41. The fraction of sp³-hybridized carbons (Fsp3) is 0.333. The molecule has 1 aliphatic heterocycles. The van der Waals surface area contributed by atoms with Crippen LogP contribution in [0.4, 0.5) is 18.9 Å². The Hall–Kier alpha value is -3.03. The summed E-state index contributed by atoms with van der Waals surface area (Å²) < 4.78 is 41.2. The first-order valence-electron chi connectivity index (χ1n) is 9.28. The predicted octanol–water partition coefficient (Wildman–Crippen LogP) is 4.07. The molecule has 1 aliphatic rings. The molecule has 2 aromatic carbocycles. The zero-order chi connectivity index (χ0) is 21.0. The van der Waals surface area contributed by atoms with Crippen LogP contribution in [0.25, 0.3) is 0 Å². The summed E-state index contributed by atoms with van der Waals surface area (Å²) in [6.07, 6.45) is -3.48. The largest absolute Gasteiger partial charge is 0.573 e. The number of carbonyl (C=O) groups excluding carboxylic acids is 2. The van der Waals surface area contributed by atoms with Crippen molar-refractivity contribution in [3.8, 4) is 5.75 Å². The van der Waals surface area contributed by atoms with Crippen LogP contribution >= 0.6 is 0 Å². The number of alkyl halides is 3. The summed E-state index contributed by atoms with van der Waals surface area (Å²) in [6, 6.07) is 12.3. The zero-order valence-electron chi connectivity index (χ0n) is 15.8. The summed E-state index contributed by atoms with van der Waals surface area (Å²) in [7, 11) is 0. The summed E-state index contributed by atoms with van der Waals surface area (Å²) in [6.45, 7) is 2.22. The first kappa shape index (κ1) is 20.7. The number of halogens is 3. The number of carbonyl (C=O) groups is 2. The number of hydrogen-bond acceptors (Lipinski definition) is 3. The van der Waals surface area contributed by atoms with E-state index in [0.717, 1.165) is 0 Å². The molecule has 8 heteroatoms. The lowest BCUT2D eigenvalue weighted by molar-refractivity contribution is -0.274. The molecule has 1 atom stereocenters. The van der Waals surface area contributed by atoms with Gasteiger partial charge in [-0.2, -0.15) is 0 Å². The van der Waals surface area contributed by atoms with Gasteiger partial charge >= 0.3 is 6.36 Å². The molecule has 1 heterocycles. The van der Waals surface area contributed by atoms with Gasteiger partial charge in [-0.05, 0) is 55.7 Å². The van der Waals surface area contributed by atoms with E-state index in [1.807, 2.05) is 6.07 Å². The Morgan fingerprint density at radius 1 is 1.17 bits per heavy atom. The van der Waals surface area contributed by atoms with Gasteiger partial charge < -0.3 is 15.0 Å². The van der Waals surface area contributed by atoms with Gasteiger partial charge in [-0.25, -0.2) is 0 Å². The molecule has 0 radical (unpaired) electrons. The van der Waals surface area contributed by atoms with E-state index in [1.54, 1.807) is 36.1 Å². The van der Waals surface area contributed by atoms with Crippen molar-refractivity contribution in [3.63, 3.8) is 0 Å². The van der Waals surface area contributed by atoms with Crippen molar-refractivity contribution in [3.05, 3.63) is 59.7 Å². The van der Waals surface area contributed by atoms with Crippen molar-refractivity contribution in [2.24, 2.45) is 0 Å². The Morgan fingerprint density at radius 2 is 1.90 bits per heavy atom. The number of nitrogens with one attached hydrogen (secondary N) is 1. The van der Waals surface area contributed by atoms with E-state index in [4.69, 9.17) is 0 Å². The van der Waals surface area contributed by atoms with Crippen molar-refractivity contribution in [1.29, 1.82) is 0 Å². The van der Waals surface area contributed by atoms with Gasteiger partial charge in [0.05, 0.1) is 0 Å². The lowest BCUT2D eigenvalue weighted by atomic mass is 10.0. The number of fused-ring (bicyclic) bond motifs is 1. The number of benzene rings is 2. The van der Waals surface area contributed by atoms with Gasteiger partial charge in [0.2, 0.25) is 5.91 Å². The first-order chi connectivity index (χ1) is 13.7. The van der Waals surface area contributed by atoms with Crippen LogP contribution in [0.3, 0.4) is 0 Å². The maximum absolute atomic E-state index is 12.8. The summed E-state index contributed by atoms with van der Waals surface area (Å²) >= 11 is 0. The van der Waals surface area contributed by atoms with Crippen LogP contribution in [0.2, 0.25) is 0 Å². The third-order valence-corrected chi connectivity index (χ3v) is 4.60. The molecule has 2 amide bonds. The zero-order valence-corrected chi connectivity index (χ0v) is 15.8. The molecule has 0 spiro atoms. The highest BCUT2D eigenvalue weighted by Crippen LogP contribution is 2.33. The van der Waals surface area contributed by atoms with Crippen LogP contribution < -0.4 is 15.0 Å². The monoisotopic (exact) mass is 406 g/mol. The second-order valence-corrected chi connectivity index (χ2v) is 6.93. The minimum Gasteiger partial charge on any atom is -0.406 e. The normalized spacial score (nSPS) is 14.7. The van der Waals surface area contributed by atoms with Crippen LogP contribution in [0, 0.1) is 0 Å². The molecule has 0 fully saturated rings. The smallest absolute Gasteiger partial charge is 0.406 e. The van der Waals surface area contributed by atoms with Crippen molar-refractivity contribution in [2.45, 2.75) is 38.6 Å². The Labute approximate surface area is 166 Å². The van der Waals surface area contributed by atoms with Gasteiger partial charge in [0.1, 0.15) is 5.75 Å². The van der Waals surface area contributed by atoms with E-state index < -0.39 is 12.4 Å². The highest BCUT2D eigenvalue weighted by atomic mass is 19.4. The third-order valence-electron chi connectivity index (χ3n) is 4.60. The number of nitrogens with zero attached hydrogens (tertiary/aromatic N) is 1. The van der Waals surface area contributed by atoms with Gasteiger partial charge in [0, 0.05) is 30.3 Å². The van der Waals surface area contributed by atoms with E-state index in [-0.39, 0.29) is 24.0 Å². The van der Waals surface area contributed by atoms with Gasteiger partial charge in [0.25, 0.3) is 5.91 Å². The average molecular weight is 406 g/mol. The molecule has 29 heavy (non-hydrogen) atoms. The van der Waals surface area contributed by atoms with Crippen molar-refractivity contribution in [2.75, 3.05) is 11.4 Å². The van der Waals surface area contributed by atoms with Crippen LogP contribution in [0.15, 0.2) is 48.5 Å². The van der Waals surface area contributed by atoms with E-state index >= 15 is 0 Å². The molecule has 154 valence electrons. The minimum atomic E-state index is -4.76. The summed E-state index contributed by atoms with van der Waals surface area (Å²) in [4.78, 5) is 26.5. The molecule has 0 bridgehead atoms. The molecule has 1 unspecified atom stereocenters. The number of rotatable bonds is 5. The Balaban J connectivity index is 1.65. The Morgan fingerprint density at radius 3 is 2.59 bits per heavy atom. The maximum atomic E-state index is 12.8. The van der Waals surface area contributed by atoms with Gasteiger partial charge in [0.15, 0.2) is 0 Å². The SMILES string of the molecule is CC(CC(=O)N1CCCc2cc(OC(F)(F)F)ccc21)NC(=O)c1ccccc1. The molecule has 2 aromatic rings. The number of anilines is 1. The highest BCUT2D eigenvalue weighted by Gasteiger charge is 2.32. The fourth-order valence-corrected chi connectivity index (χ4v) is 3.35. The summed E-state index contributed by atoms with van der Waals surface area (Å²) in [5.74, 6) is -0.760. The molecular weight excluding hydrogens is 385 g/mol. The van der Waals surface area contributed by atoms with Crippen molar-refractivity contribution < 1.29 is 27.5 Å². The maximum Gasteiger partial charge on any atom is 0.573 e. The molecule has 0 aliphatic carbocycles. The molecule has 3 rings (SSSR count). The van der Waals surface area contributed by atoms with Crippen LogP contribution in [0.1, 0.15) is 35.7 Å². The molecule has 0 saturated carbocycles. The van der Waals surface area contributed by atoms with Crippen molar-refractivity contribution in [1.82, 2.24) is 5.32 Å².